The maximum atomic E-state index is 13.6. The fourth-order valence-electron chi connectivity index (χ4n) is 4.68. The van der Waals surface area contributed by atoms with Crippen molar-refractivity contribution < 1.29 is 18.7 Å². The molecule has 1 unspecified atom stereocenters. The van der Waals surface area contributed by atoms with E-state index in [1.54, 1.807) is 12.3 Å². The van der Waals surface area contributed by atoms with Crippen LogP contribution in [0.2, 0.25) is 0 Å². The van der Waals surface area contributed by atoms with Crippen molar-refractivity contribution in [3.05, 3.63) is 117 Å². The summed E-state index contributed by atoms with van der Waals surface area (Å²) in [4.78, 5) is 33.2. The number of rotatable bonds is 8. The van der Waals surface area contributed by atoms with Gasteiger partial charge in [-0.15, -0.1) is 0 Å². The zero-order valence-corrected chi connectivity index (χ0v) is 22.4. The molecular weight excluding hydrogens is 498 g/mol. The number of carbonyl (C=O) groups excluding carboxylic acids is 2. The summed E-state index contributed by atoms with van der Waals surface area (Å²) in [5.74, 6) is 0.120. The Morgan fingerprint density at radius 3 is 2.63 bits per heavy atom. The number of furan rings is 1. The van der Waals surface area contributed by atoms with Gasteiger partial charge in [0.05, 0.1) is 36.5 Å². The molecule has 1 N–H and O–H groups in total. The standard InChI is InChI=1S/C30H29N3O4S/c1-19-11-12-25(20(2)14-19)28-27(29(35)37-17-22-8-5-4-6-9-22)21(3)32-30-33(28)23(18-38-30)15-26(34)31-16-24-10-7-13-36-24/h4-14,18,28H,15-17H2,1-3H3,(H,31,34). The van der Waals surface area contributed by atoms with Gasteiger partial charge < -0.3 is 19.4 Å². The molecular formula is C30H29N3O4S. The van der Waals surface area contributed by atoms with Gasteiger partial charge in [0.2, 0.25) is 5.91 Å². The van der Waals surface area contributed by atoms with Gasteiger partial charge in [0.1, 0.15) is 12.4 Å². The molecule has 3 aromatic rings. The second-order valence-electron chi connectivity index (χ2n) is 9.35. The molecule has 0 spiro atoms. The van der Waals surface area contributed by atoms with E-state index in [1.807, 2.05) is 79.6 Å². The van der Waals surface area contributed by atoms with Gasteiger partial charge in [-0.2, -0.15) is 0 Å². The number of allylic oxidation sites excluding steroid dienone is 1. The van der Waals surface area contributed by atoms with Crippen LogP contribution in [-0.2, 0) is 27.5 Å². The van der Waals surface area contributed by atoms with E-state index in [4.69, 9.17) is 14.1 Å². The first-order valence-corrected chi connectivity index (χ1v) is 13.3. The lowest BCUT2D eigenvalue weighted by atomic mass is 9.90. The molecule has 2 aliphatic heterocycles. The van der Waals surface area contributed by atoms with E-state index in [1.165, 1.54) is 11.8 Å². The summed E-state index contributed by atoms with van der Waals surface area (Å²) in [6.07, 6.45) is 1.72. The molecule has 7 nitrogen and oxygen atoms in total. The summed E-state index contributed by atoms with van der Waals surface area (Å²) < 4.78 is 11.1. The highest BCUT2D eigenvalue weighted by molar-refractivity contribution is 8.16. The van der Waals surface area contributed by atoms with Crippen molar-refractivity contribution >= 4 is 28.8 Å². The van der Waals surface area contributed by atoms with E-state index < -0.39 is 12.0 Å². The Bertz CT molecular complexity index is 1440. The number of fused-ring (bicyclic) bond motifs is 1. The summed E-state index contributed by atoms with van der Waals surface area (Å²) in [5.41, 5.74) is 5.93. The predicted octanol–water partition coefficient (Wildman–Crippen LogP) is 5.92. The highest BCUT2D eigenvalue weighted by Crippen LogP contribution is 2.45. The summed E-state index contributed by atoms with van der Waals surface area (Å²) in [7, 11) is 0. The molecule has 0 fully saturated rings. The molecule has 8 heteroatoms. The normalized spacial score (nSPS) is 16.6. The topological polar surface area (TPSA) is 84.1 Å². The van der Waals surface area contributed by atoms with Crippen molar-refractivity contribution in [1.29, 1.82) is 0 Å². The number of nitrogens with zero attached hydrogens (tertiary/aromatic N) is 2. The van der Waals surface area contributed by atoms with Gasteiger partial charge in [-0.05, 0) is 55.0 Å². The van der Waals surface area contributed by atoms with E-state index in [0.717, 1.165) is 33.1 Å². The summed E-state index contributed by atoms with van der Waals surface area (Å²) >= 11 is 1.46. The van der Waals surface area contributed by atoms with Crippen molar-refractivity contribution in [2.45, 2.75) is 46.4 Å². The van der Waals surface area contributed by atoms with Gasteiger partial charge in [0.25, 0.3) is 0 Å². The molecule has 38 heavy (non-hydrogen) atoms. The number of aryl methyl sites for hydroxylation is 2. The minimum Gasteiger partial charge on any atom is -0.467 e. The Morgan fingerprint density at radius 2 is 1.89 bits per heavy atom. The van der Waals surface area contributed by atoms with Crippen LogP contribution in [0.3, 0.4) is 0 Å². The van der Waals surface area contributed by atoms with E-state index in [9.17, 15) is 9.59 Å². The smallest absolute Gasteiger partial charge is 0.338 e. The van der Waals surface area contributed by atoms with Crippen LogP contribution in [0, 0.1) is 13.8 Å². The highest BCUT2D eigenvalue weighted by atomic mass is 32.2. The van der Waals surface area contributed by atoms with Crippen molar-refractivity contribution in [1.82, 2.24) is 10.2 Å². The number of hydrogen-bond donors (Lipinski definition) is 1. The van der Waals surface area contributed by atoms with Gasteiger partial charge >= 0.3 is 5.97 Å². The first-order valence-electron chi connectivity index (χ1n) is 12.4. The van der Waals surface area contributed by atoms with Crippen LogP contribution in [0.25, 0.3) is 0 Å². The molecule has 194 valence electrons. The van der Waals surface area contributed by atoms with Crippen LogP contribution >= 0.6 is 11.8 Å². The molecule has 0 bridgehead atoms. The third-order valence-electron chi connectivity index (χ3n) is 6.53. The quantitative estimate of drug-likeness (QED) is 0.366. The van der Waals surface area contributed by atoms with Crippen LogP contribution in [0.4, 0.5) is 0 Å². The van der Waals surface area contributed by atoms with Gasteiger partial charge in [-0.3, -0.25) is 4.79 Å². The Morgan fingerprint density at radius 1 is 1.08 bits per heavy atom. The molecule has 3 heterocycles. The first kappa shape index (κ1) is 25.6. The number of hydrogen-bond acceptors (Lipinski definition) is 7. The van der Waals surface area contributed by atoms with Crippen LogP contribution < -0.4 is 5.32 Å². The largest absolute Gasteiger partial charge is 0.467 e. The molecule has 0 saturated heterocycles. The fraction of sp³-hybridized carbons (Fsp3) is 0.233. The van der Waals surface area contributed by atoms with Crippen LogP contribution in [-0.4, -0.2) is 21.9 Å². The van der Waals surface area contributed by atoms with Gasteiger partial charge in [-0.25, -0.2) is 9.79 Å². The molecule has 0 aliphatic carbocycles. The Balaban J connectivity index is 1.44. The van der Waals surface area contributed by atoms with E-state index >= 15 is 0 Å². The molecule has 0 radical (unpaired) electrons. The van der Waals surface area contributed by atoms with Crippen molar-refractivity contribution in [3.63, 3.8) is 0 Å². The van der Waals surface area contributed by atoms with Crippen molar-refractivity contribution in [2.75, 3.05) is 0 Å². The first-order chi connectivity index (χ1) is 18.4. The monoisotopic (exact) mass is 527 g/mol. The zero-order chi connectivity index (χ0) is 26.6. The molecule has 1 atom stereocenters. The number of carbonyl (C=O) groups is 2. The Labute approximate surface area is 226 Å². The zero-order valence-electron chi connectivity index (χ0n) is 21.6. The predicted molar refractivity (Wildman–Crippen MR) is 148 cm³/mol. The minimum absolute atomic E-state index is 0.138. The molecule has 0 saturated carbocycles. The number of amides is 1. The van der Waals surface area contributed by atoms with Crippen LogP contribution in [0.1, 0.15) is 47.4 Å². The number of benzene rings is 2. The van der Waals surface area contributed by atoms with Crippen molar-refractivity contribution in [2.24, 2.45) is 4.99 Å². The second-order valence-corrected chi connectivity index (χ2v) is 10.2. The maximum absolute atomic E-state index is 13.6. The lowest BCUT2D eigenvalue weighted by molar-refractivity contribution is -0.141. The summed E-state index contributed by atoms with van der Waals surface area (Å²) in [6.45, 7) is 6.40. The number of nitrogens with one attached hydrogen (secondary N) is 1. The average molecular weight is 528 g/mol. The van der Waals surface area contributed by atoms with Gasteiger partial charge in [-0.1, -0.05) is 65.9 Å². The minimum atomic E-state index is -0.467. The van der Waals surface area contributed by atoms with E-state index in [-0.39, 0.29) is 18.9 Å². The lowest BCUT2D eigenvalue weighted by Crippen LogP contribution is -2.38. The SMILES string of the molecule is CC1=C(C(=O)OCc2ccccc2)C(c2ccc(C)cc2C)N2C(CC(=O)NCc3ccco3)=CSC2=N1. The van der Waals surface area contributed by atoms with Crippen LogP contribution in [0.15, 0.2) is 98.7 Å². The number of amidine groups is 1. The summed E-state index contributed by atoms with van der Waals surface area (Å²) in [5, 5.41) is 5.58. The molecule has 2 aliphatic rings. The number of esters is 1. The molecule has 5 rings (SSSR count). The second kappa shape index (κ2) is 11.1. The lowest BCUT2D eigenvalue weighted by Gasteiger charge is -2.37. The number of aliphatic imine (C=N–C) groups is 1. The number of thioether (sulfide) groups is 1. The number of ether oxygens (including phenoxy) is 1. The maximum Gasteiger partial charge on any atom is 0.338 e. The highest BCUT2D eigenvalue weighted by Gasteiger charge is 2.41. The van der Waals surface area contributed by atoms with E-state index in [2.05, 4.69) is 11.4 Å². The third kappa shape index (κ3) is 5.45. The van der Waals surface area contributed by atoms with E-state index in [0.29, 0.717) is 23.6 Å². The average Bonchev–Trinajstić information content (AvgIpc) is 3.56. The summed E-state index contributed by atoms with van der Waals surface area (Å²) in [6, 6.07) is 18.9. The van der Waals surface area contributed by atoms with Gasteiger partial charge in [0.15, 0.2) is 5.17 Å². The molecule has 1 aromatic heterocycles. The Hall–Kier alpha value is -4.04. The third-order valence-corrected chi connectivity index (χ3v) is 7.42. The van der Waals surface area contributed by atoms with Crippen molar-refractivity contribution in [3.8, 4) is 0 Å². The molecule has 2 aromatic carbocycles. The molecule has 1 amide bonds. The van der Waals surface area contributed by atoms with Gasteiger partial charge in [0, 0.05) is 5.70 Å². The fourth-order valence-corrected chi connectivity index (χ4v) is 5.65. The van der Waals surface area contributed by atoms with Crippen LogP contribution in [0.5, 0.6) is 0 Å². The Kier molecular flexibility index (Phi) is 7.51.